The molecule has 0 spiro atoms. The van der Waals surface area contributed by atoms with Crippen LogP contribution < -0.4 is 5.32 Å². The molecule has 2 atom stereocenters. The number of aliphatic hydroxyl groups excluding tert-OH is 1. The zero-order valence-electron chi connectivity index (χ0n) is 10.2. The number of hydrogen-bond acceptors (Lipinski definition) is 3. The fraction of sp³-hybridized carbons (Fsp3) is 0.917. The molecule has 0 aliphatic heterocycles. The smallest absolute Gasteiger partial charge is 0.246 e. The first-order valence-electron chi connectivity index (χ1n) is 6.16. The summed E-state index contributed by atoms with van der Waals surface area (Å²) in [6.07, 6.45) is 3.95. The number of amides is 1. The van der Waals surface area contributed by atoms with E-state index in [0.29, 0.717) is 6.54 Å². The van der Waals surface area contributed by atoms with E-state index < -0.39 is 0 Å². The third kappa shape index (κ3) is 4.94. The Hall–Kier alpha value is -0.610. The van der Waals surface area contributed by atoms with Gasteiger partial charge in [-0.25, -0.2) is 0 Å². The lowest BCUT2D eigenvalue weighted by Gasteiger charge is -2.27. The van der Waals surface area contributed by atoms with Crippen molar-refractivity contribution in [3.63, 3.8) is 0 Å². The molecule has 0 heterocycles. The van der Waals surface area contributed by atoms with Gasteiger partial charge >= 0.3 is 0 Å². The van der Waals surface area contributed by atoms with E-state index in [9.17, 15) is 9.90 Å². The Bertz CT molecular complexity index is 218. The highest BCUT2D eigenvalue weighted by Gasteiger charge is 2.23. The summed E-state index contributed by atoms with van der Waals surface area (Å²) in [7, 11) is 0. The minimum absolute atomic E-state index is 0.0750. The maximum Gasteiger partial charge on any atom is 0.246 e. The average molecular weight is 229 g/mol. The summed E-state index contributed by atoms with van der Waals surface area (Å²) in [5.74, 6) is 0.128. The third-order valence-electron chi connectivity index (χ3n) is 2.98. The molecule has 94 valence electrons. The molecule has 0 saturated heterocycles. The summed E-state index contributed by atoms with van der Waals surface area (Å²) < 4.78 is 5.20. The van der Waals surface area contributed by atoms with Gasteiger partial charge in [0.25, 0.3) is 0 Å². The van der Waals surface area contributed by atoms with E-state index in [1.54, 1.807) is 0 Å². The second kappa shape index (κ2) is 6.86. The number of nitrogens with one attached hydrogen (secondary N) is 1. The zero-order chi connectivity index (χ0) is 12.0. The van der Waals surface area contributed by atoms with Gasteiger partial charge in [-0.15, -0.1) is 0 Å². The molecule has 1 saturated carbocycles. The molecule has 1 fully saturated rings. The van der Waals surface area contributed by atoms with E-state index in [1.807, 2.05) is 13.8 Å². The van der Waals surface area contributed by atoms with E-state index >= 15 is 0 Å². The lowest BCUT2D eigenvalue weighted by molar-refractivity contribution is -0.127. The fourth-order valence-electron chi connectivity index (χ4n) is 1.96. The molecule has 4 nitrogen and oxygen atoms in total. The number of rotatable bonds is 5. The molecule has 1 amide bonds. The second-order valence-electron chi connectivity index (χ2n) is 4.78. The minimum atomic E-state index is -0.250. The predicted molar refractivity (Wildman–Crippen MR) is 62.1 cm³/mol. The van der Waals surface area contributed by atoms with E-state index in [0.717, 1.165) is 25.7 Å². The van der Waals surface area contributed by atoms with Gasteiger partial charge in [0.05, 0.1) is 12.2 Å². The van der Waals surface area contributed by atoms with Gasteiger partial charge in [0, 0.05) is 12.5 Å². The van der Waals surface area contributed by atoms with E-state index in [4.69, 9.17) is 4.74 Å². The maximum atomic E-state index is 11.4. The average Bonchev–Trinajstić information content (AvgIpc) is 2.25. The van der Waals surface area contributed by atoms with Gasteiger partial charge in [0.1, 0.15) is 6.61 Å². The lowest BCUT2D eigenvalue weighted by Crippen LogP contribution is -2.38. The molecule has 2 N–H and O–H groups in total. The SMILES string of the molecule is CC(C)OCC(=O)NCC1CCCCC1O. The molecular formula is C12H23NO3. The van der Waals surface area contributed by atoms with Crippen LogP contribution in [0.3, 0.4) is 0 Å². The summed E-state index contributed by atoms with van der Waals surface area (Å²) in [4.78, 5) is 11.4. The van der Waals surface area contributed by atoms with Crippen molar-refractivity contribution in [3.05, 3.63) is 0 Å². The Balaban J connectivity index is 2.15. The highest BCUT2D eigenvalue weighted by Crippen LogP contribution is 2.23. The van der Waals surface area contributed by atoms with Crippen LogP contribution >= 0.6 is 0 Å². The van der Waals surface area contributed by atoms with Crippen LogP contribution in [-0.4, -0.2) is 36.4 Å². The molecule has 0 aromatic heterocycles. The Labute approximate surface area is 97.4 Å². The van der Waals surface area contributed by atoms with Gasteiger partial charge in [0.15, 0.2) is 0 Å². The van der Waals surface area contributed by atoms with Gasteiger partial charge in [-0.05, 0) is 26.7 Å². The van der Waals surface area contributed by atoms with Gasteiger partial charge in [-0.3, -0.25) is 4.79 Å². The van der Waals surface area contributed by atoms with Crippen molar-refractivity contribution < 1.29 is 14.6 Å². The first kappa shape index (κ1) is 13.5. The molecule has 1 rings (SSSR count). The van der Waals surface area contributed by atoms with Crippen LogP contribution in [0.4, 0.5) is 0 Å². The summed E-state index contributed by atoms with van der Waals surface area (Å²) >= 11 is 0. The molecular weight excluding hydrogens is 206 g/mol. The van der Waals surface area contributed by atoms with Crippen molar-refractivity contribution in [1.29, 1.82) is 0 Å². The van der Waals surface area contributed by atoms with Crippen LogP contribution in [-0.2, 0) is 9.53 Å². The van der Waals surface area contributed by atoms with E-state index in [2.05, 4.69) is 5.32 Å². The third-order valence-corrected chi connectivity index (χ3v) is 2.98. The minimum Gasteiger partial charge on any atom is -0.393 e. The lowest BCUT2D eigenvalue weighted by atomic mass is 9.86. The Morgan fingerprint density at radius 1 is 1.44 bits per heavy atom. The van der Waals surface area contributed by atoms with Crippen LogP contribution in [0.1, 0.15) is 39.5 Å². The van der Waals surface area contributed by atoms with Crippen molar-refractivity contribution in [1.82, 2.24) is 5.32 Å². The Kier molecular flexibility index (Phi) is 5.77. The van der Waals surface area contributed by atoms with Gasteiger partial charge in [-0.1, -0.05) is 12.8 Å². The highest BCUT2D eigenvalue weighted by molar-refractivity contribution is 5.77. The van der Waals surface area contributed by atoms with Crippen LogP contribution in [0.15, 0.2) is 0 Å². The van der Waals surface area contributed by atoms with Crippen LogP contribution in [0.5, 0.6) is 0 Å². The topological polar surface area (TPSA) is 58.6 Å². The largest absolute Gasteiger partial charge is 0.393 e. The van der Waals surface area contributed by atoms with E-state index in [1.165, 1.54) is 0 Å². The van der Waals surface area contributed by atoms with Crippen LogP contribution in [0, 0.1) is 5.92 Å². The molecule has 0 bridgehead atoms. The highest BCUT2D eigenvalue weighted by atomic mass is 16.5. The second-order valence-corrected chi connectivity index (χ2v) is 4.78. The van der Waals surface area contributed by atoms with Crippen molar-refractivity contribution in [2.45, 2.75) is 51.7 Å². The Morgan fingerprint density at radius 2 is 2.12 bits per heavy atom. The molecule has 0 aromatic carbocycles. The van der Waals surface area contributed by atoms with Crippen molar-refractivity contribution in [3.8, 4) is 0 Å². The maximum absolute atomic E-state index is 11.4. The molecule has 16 heavy (non-hydrogen) atoms. The number of hydrogen-bond donors (Lipinski definition) is 2. The number of ether oxygens (including phenoxy) is 1. The first-order valence-corrected chi connectivity index (χ1v) is 6.16. The quantitative estimate of drug-likeness (QED) is 0.741. The molecule has 1 aliphatic rings. The normalized spacial score (nSPS) is 25.8. The summed E-state index contributed by atoms with van der Waals surface area (Å²) in [5, 5.41) is 12.5. The molecule has 0 radical (unpaired) electrons. The van der Waals surface area contributed by atoms with Crippen LogP contribution in [0.2, 0.25) is 0 Å². The zero-order valence-corrected chi connectivity index (χ0v) is 10.2. The molecule has 1 aliphatic carbocycles. The van der Waals surface area contributed by atoms with Crippen LogP contribution in [0.25, 0.3) is 0 Å². The summed E-state index contributed by atoms with van der Waals surface area (Å²) in [6, 6.07) is 0. The number of carbonyl (C=O) groups is 1. The van der Waals surface area contributed by atoms with E-state index in [-0.39, 0.29) is 30.6 Å². The van der Waals surface area contributed by atoms with Gasteiger partial charge in [0.2, 0.25) is 5.91 Å². The molecule has 0 aromatic rings. The molecule has 2 unspecified atom stereocenters. The van der Waals surface area contributed by atoms with Crippen molar-refractivity contribution in [2.24, 2.45) is 5.92 Å². The monoisotopic (exact) mass is 229 g/mol. The summed E-state index contributed by atoms with van der Waals surface area (Å²) in [6.45, 7) is 4.48. The van der Waals surface area contributed by atoms with Gasteiger partial charge < -0.3 is 15.2 Å². The summed E-state index contributed by atoms with van der Waals surface area (Å²) in [5.41, 5.74) is 0. The molecule has 4 heteroatoms. The van der Waals surface area contributed by atoms with Crippen molar-refractivity contribution >= 4 is 5.91 Å². The van der Waals surface area contributed by atoms with Gasteiger partial charge in [-0.2, -0.15) is 0 Å². The number of carbonyl (C=O) groups excluding carboxylic acids is 1. The first-order chi connectivity index (χ1) is 7.59. The number of aliphatic hydroxyl groups is 1. The fourth-order valence-corrected chi connectivity index (χ4v) is 1.96. The standard InChI is InChI=1S/C12H23NO3/c1-9(2)16-8-12(15)13-7-10-5-3-4-6-11(10)14/h9-11,14H,3-8H2,1-2H3,(H,13,15). The Morgan fingerprint density at radius 3 is 2.75 bits per heavy atom. The predicted octanol–water partition coefficient (Wildman–Crippen LogP) is 1.08. The van der Waals surface area contributed by atoms with Crippen molar-refractivity contribution in [2.75, 3.05) is 13.2 Å².